The number of amides is 1. The van der Waals surface area contributed by atoms with E-state index in [-0.39, 0.29) is 17.6 Å². The summed E-state index contributed by atoms with van der Waals surface area (Å²) < 4.78 is 51.3. The number of sulfonamides is 1. The third-order valence-electron chi connectivity index (χ3n) is 3.62. The quantitative estimate of drug-likeness (QED) is 0.858. The third kappa shape index (κ3) is 4.89. The molecule has 0 radical (unpaired) electrons. The second-order valence-corrected chi connectivity index (χ2v) is 7.73. The highest BCUT2D eigenvalue weighted by Crippen LogP contribution is 2.23. The molecule has 0 bridgehead atoms. The molecule has 0 aliphatic heterocycles. The molecule has 2 unspecified atom stereocenters. The van der Waals surface area contributed by atoms with E-state index in [1.165, 1.54) is 6.92 Å². The van der Waals surface area contributed by atoms with Crippen LogP contribution < -0.4 is 9.62 Å². The van der Waals surface area contributed by atoms with E-state index in [1.807, 2.05) is 13.8 Å². The molecule has 2 atom stereocenters. The molecule has 0 saturated heterocycles. The second-order valence-electron chi connectivity index (χ2n) is 5.87. The maximum absolute atomic E-state index is 13.4. The van der Waals surface area contributed by atoms with Crippen LogP contribution in [0.2, 0.25) is 0 Å². The molecule has 130 valence electrons. The number of hydrogen-bond donors (Lipinski definition) is 1. The lowest BCUT2D eigenvalue weighted by Crippen LogP contribution is -2.50. The van der Waals surface area contributed by atoms with E-state index < -0.39 is 33.6 Å². The topological polar surface area (TPSA) is 66.5 Å². The Morgan fingerprint density at radius 2 is 1.70 bits per heavy atom. The van der Waals surface area contributed by atoms with Crippen LogP contribution in [0.15, 0.2) is 18.2 Å². The number of rotatable bonds is 6. The van der Waals surface area contributed by atoms with Crippen molar-refractivity contribution in [2.45, 2.75) is 39.8 Å². The van der Waals surface area contributed by atoms with Gasteiger partial charge in [0, 0.05) is 12.1 Å². The fraction of sp³-hybridized carbons (Fsp3) is 0.533. The van der Waals surface area contributed by atoms with E-state index in [2.05, 4.69) is 5.32 Å². The van der Waals surface area contributed by atoms with Gasteiger partial charge in [0.1, 0.15) is 6.04 Å². The predicted octanol–water partition coefficient (Wildman–Crippen LogP) is 2.28. The van der Waals surface area contributed by atoms with Gasteiger partial charge in [0.05, 0.1) is 11.9 Å². The Kier molecular flexibility index (Phi) is 6.10. The fourth-order valence-electron chi connectivity index (χ4n) is 1.94. The molecule has 1 rings (SSSR count). The molecule has 5 nitrogen and oxygen atoms in total. The molecule has 23 heavy (non-hydrogen) atoms. The summed E-state index contributed by atoms with van der Waals surface area (Å²) in [5.74, 6) is -2.62. The number of anilines is 1. The van der Waals surface area contributed by atoms with Crippen molar-refractivity contribution in [3.8, 4) is 0 Å². The molecular formula is C15H22F2N2O3S. The standard InChI is InChI=1S/C15H22F2N2O3S/c1-9(2)10(3)18-15(20)11(4)19(23(5,21)22)12-6-7-13(16)14(17)8-12/h6-11H,1-5H3,(H,18,20). The summed E-state index contributed by atoms with van der Waals surface area (Å²) in [4.78, 5) is 12.3. The average molecular weight is 348 g/mol. The van der Waals surface area contributed by atoms with Crippen LogP contribution >= 0.6 is 0 Å². The lowest BCUT2D eigenvalue weighted by atomic mass is 10.1. The summed E-state index contributed by atoms with van der Waals surface area (Å²) in [7, 11) is -3.86. The van der Waals surface area contributed by atoms with Crippen molar-refractivity contribution >= 4 is 21.6 Å². The minimum Gasteiger partial charge on any atom is -0.352 e. The monoisotopic (exact) mass is 348 g/mol. The first-order valence-corrected chi connectivity index (χ1v) is 9.04. The Labute approximate surface area is 135 Å². The highest BCUT2D eigenvalue weighted by Gasteiger charge is 2.30. The number of benzene rings is 1. The maximum atomic E-state index is 13.4. The summed E-state index contributed by atoms with van der Waals surface area (Å²) in [6.07, 6.45) is 0.907. The van der Waals surface area contributed by atoms with Gasteiger partial charge in [0.25, 0.3) is 0 Å². The Balaban J connectivity index is 3.17. The van der Waals surface area contributed by atoms with Crippen LogP contribution in [0.1, 0.15) is 27.7 Å². The van der Waals surface area contributed by atoms with Crippen molar-refractivity contribution in [2.24, 2.45) is 5.92 Å². The molecule has 1 aromatic carbocycles. The van der Waals surface area contributed by atoms with Gasteiger partial charge < -0.3 is 5.32 Å². The van der Waals surface area contributed by atoms with E-state index in [4.69, 9.17) is 0 Å². The first-order chi connectivity index (χ1) is 10.4. The van der Waals surface area contributed by atoms with Gasteiger partial charge in [-0.1, -0.05) is 13.8 Å². The zero-order valence-corrected chi connectivity index (χ0v) is 14.6. The van der Waals surface area contributed by atoms with Crippen molar-refractivity contribution < 1.29 is 22.0 Å². The van der Waals surface area contributed by atoms with Crippen molar-refractivity contribution in [1.82, 2.24) is 5.32 Å². The third-order valence-corrected chi connectivity index (χ3v) is 4.86. The SMILES string of the molecule is CC(C)C(C)NC(=O)C(C)N(c1ccc(F)c(F)c1)S(C)(=O)=O. The number of nitrogens with one attached hydrogen (secondary N) is 1. The van der Waals surface area contributed by atoms with Crippen molar-refractivity contribution in [1.29, 1.82) is 0 Å². The van der Waals surface area contributed by atoms with Gasteiger partial charge in [-0.2, -0.15) is 0 Å². The average Bonchev–Trinajstić information content (AvgIpc) is 2.41. The zero-order valence-electron chi connectivity index (χ0n) is 13.8. The first-order valence-electron chi connectivity index (χ1n) is 7.20. The van der Waals surface area contributed by atoms with Crippen LogP contribution in [0.3, 0.4) is 0 Å². The smallest absolute Gasteiger partial charge is 0.243 e. The Morgan fingerprint density at radius 1 is 1.13 bits per heavy atom. The molecule has 8 heteroatoms. The van der Waals surface area contributed by atoms with Gasteiger partial charge in [0.15, 0.2) is 11.6 Å². The highest BCUT2D eigenvalue weighted by molar-refractivity contribution is 7.92. The molecule has 1 N–H and O–H groups in total. The number of nitrogens with zero attached hydrogens (tertiary/aromatic N) is 1. The van der Waals surface area contributed by atoms with Gasteiger partial charge >= 0.3 is 0 Å². The van der Waals surface area contributed by atoms with Gasteiger partial charge in [-0.15, -0.1) is 0 Å². The van der Waals surface area contributed by atoms with Crippen molar-refractivity contribution in [3.05, 3.63) is 29.8 Å². The van der Waals surface area contributed by atoms with Crippen LogP contribution in [0.25, 0.3) is 0 Å². The molecule has 0 aromatic heterocycles. The van der Waals surface area contributed by atoms with Gasteiger partial charge in [-0.25, -0.2) is 17.2 Å². The normalized spacial score (nSPS) is 14.4. The summed E-state index contributed by atoms with van der Waals surface area (Å²) in [5, 5.41) is 2.71. The van der Waals surface area contributed by atoms with Crippen LogP contribution in [0.4, 0.5) is 14.5 Å². The van der Waals surface area contributed by atoms with E-state index >= 15 is 0 Å². The van der Waals surface area contributed by atoms with Gasteiger partial charge in [0.2, 0.25) is 15.9 Å². The molecule has 1 aromatic rings. The number of halogens is 2. The summed E-state index contributed by atoms with van der Waals surface area (Å²) in [6.45, 7) is 7.03. The van der Waals surface area contributed by atoms with Gasteiger partial charge in [-0.3, -0.25) is 9.10 Å². The van der Waals surface area contributed by atoms with Crippen LogP contribution in [-0.4, -0.2) is 32.7 Å². The minimum atomic E-state index is -3.86. The summed E-state index contributed by atoms with van der Waals surface area (Å²) >= 11 is 0. The Morgan fingerprint density at radius 3 is 2.13 bits per heavy atom. The lowest BCUT2D eigenvalue weighted by molar-refractivity contribution is -0.122. The van der Waals surface area contributed by atoms with E-state index in [9.17, 15) is 22.0 Å². The fourth-order valence-corrected chi connectivity index (χ4v) is 3.11. The van der Waals surface area contributed by atoms with Crippen LogP contribution in [-0.2, 0) is 14.8 Å². The number of carbonyl (C=O) groups excluding carboxylic acids is 1. The van der Waals surface area contributed by atoms with Crippen LogP contribution in [0, 0.1) is 17.6 Å². The molecule has 0 aliphatic carbocycles. The predicted molar refractivity (Wildman–Crippen MR) is 85.6 cm³/mol. The Hall–Kier alpha value is -1.70. The molecule has 0 saturated carbocycles. The summed E-state index contributed by atoms with van der Waals surface area (Å²) in [6, 6.07) is 1.44. The zero-order chi connectivity index (χ0) is 17.9. The maximum Gasteiger partial charge on any atom is 0.243 e. The molecular weight excluding hydrogens is 326 g/mol. The minimum absolute atomic E-state index is 0.105. The van der Waals surface area contributed by atoms with E-state index in [0.717, 1.165) is 28.8 Å². The molecule has 0 fully saturated rings. The van der Waals surface area contributed by atoms with Gasteiger partial charge in [-0.05, 0) is 31.9 Å². The molecule has 0 aliphatic rings. The summed E-state index contributed by atoms with van der Waals surface area (Å²) in [5.41, 5.74) is -0.105. The van der Waals surface area contributed by atoms with E-state index in [1.54, 1.807) is 6.92 Å². The molecule has 0 spiro atoms. The van der Waals surface area contributed by atoms with Crippen molar-refractivity contribution in [3.63, 3.8) is 0 Å². The highest BCUT2D eigenvalue weighted by atomic mass is 32.2. The van der Waals surface area contributed by atoms with Crippen LogP contribution in [0.5, 0.6) is 0 Å². The largest absolute Gasteiger partial charge is 0.352 e. The molecule has 0 heterocycles. The molecule has 1 amide bonds. The first kappa shape index (κ1) is 19.3. The van der Waals surface area contributed by atoms with Crippen molar-refractivity contribution in [2.75, 3.05) is 10.6 Å². The van der Waals surface area contributed by atoms with E-state index in [0.29, 0.717) is 0 Å². The number of hydrogen-bond acceptors (Lipinski definition) is 3. The lowest BCUT2D eigenvalue weighted by Gasteiger charge is -2.29. The second kappa shape index (κ2) is 7.25. The Bertz CT molecular complexity index is 677. The number of carbonyl (C=O) groups is 1.